The zero-order valence-corrected chi connectivity index (χ0v) is 10.4. The summed E-state index contributed by atoms with van der Waals surface area (Å²) < 4.78 is 0. The fourth-order valence-corrected chi connectivity index (χ4v) is 2.44. The van der Waals surface area contributed by atoms with E-state index < -0.39 is 5.60 Å². The molecular formula is C10H20N2O2S. The van der Waals surface area contributed by atoms with Crippen LogP contribution in [0.3, 0.4) is 0 Å². The molecule has 1 rings (SSSR count). The van der Waals surface area contributed by atoms with E-state index in [0.717, 1.165) is 13.0 Å². The maximum absolute atomic E-state index is 11.6. The topological polar surface area (TPSA) is 52.6 Å². The summed E-state index contributed by atoms with van der Waals surface area (Å²) in [6, 6.07) is -0.108. The molecule has 0 aromatic heterocycles. The van der Waals surface area contributed by atoms with E-state index >= 15 is 0 Å². The molecule has 0 bridgehead atoms. The highest BCUT2D eigenvalue weighted by Gasteiger charge is 2.30. The van der Waals surface area contributed by atoms with Gasteiger partial charge in [-0.25, -0.2) is 0 Å². The van der Waals surface area contributed by atoms with Crippen LogP contribution >= 0.6 is 11.8 Å². The molecule has 88 valence electrons. The molecule has 1 fully saturated rings. The molecule has 2 atom stereocenters. The standard InChI is InChI=1S/C10H20N2O2S/c1-10(14,7-15-3)6-11-8-4-5-12(2)9(8)13/h8,11,14H,4-7H2,1-3H3. The summed E-state index contributed by atoms with van der Waals surface area (Å²) in [4.78, 5) is 13.3. The lowest BCUT2D eigenvalue weighted by atomic mass is 10.1. The Labute approximate surface area is 95.4 Å². The molecule has 1 amide bonds. The predicted octanol–water partition coefficient (Wildman–Crippen LogP) is -0.0793. The van der Waals surface area contributed by atoms with Crippen molar-refractivity contribution in [1.82, 2.24) is 10.2 Å². The van der Waals surface area contributed by atoms with Crippen LogP contribution in [0.25, 0.3) is 0 Å². The van der Waals surface area contributed by atoms with E-state index in [0.29, 0.717) is 12.3 Å². The zero-order valence-electron chi connectivity index (χ0n) is 9.62. The first-order chi connectivity index (χ1) is 6.96. The van der Waals surface area contributed by atoms with Gasteiger partial charge in [-0.05, 0) is 19.6 Å². The number of hydrogen-bond donors (Lipinski definition) is 2. The number of hydrogen-bond acceptors (Lipinski definition) is 4. The van der Waals surface area contributed by atoms with Crippen molar-refractivity contribution in [3.63, 3.8) is 0 Å². The number of carbonyl (C=O) groups excluding carboxylic acids is 1. The van der Waals surface area contributed by atoms with Gasteiger partial charge in [-0.1, -0.05) is 0 Å². The number of carbonyl (C=O) groups is 1. The number of thioether (sulfide) groups is 1. The molecule has 1 aliphatic heterocycles. The Balaban J connectivity index is 2.34. The van der Waals surface area contributed by atoms with Crippen molar-refractivity contribution in [3.8, 4) is 0 Å². The van der Waals surface area contributed by atoms with E-state index in [1.807, 2.05) is 13.3 Å². The van der Waals surface area contributed by atoms with Gasteiger partial charge in [-0.3, -0.25) is 4.79 Å². The van der Waals surface area contributed by atoms with Crippen molar-refractivity contribution in [2.75, 3.05) is 32.1 Å². The van der Waals surface area contributed by atoms with Crippen molar-refractivity contribution in [3.05, 3.63) is 0 Å². The van der Waals surface area contributed by atoms with E-state index in [2.05, 4.69) is 5.32 Å². The maximum Gasteiger partial charge on any atom is 0.239 e. The average Bonchev–Trinajstić information content (AvgIpc) is 2.45. The van der Waals surface area contributed by atoms with Crippen LogP contribution in [0.2, 0.25) is 0 Å². The Bertz CT molecular complexity index is 233. The van der Waals surface area contributed by atoms with Crippen LogP contribution in [-0.2, 0) is 4.79 Å². The van der Waals surface area contributed by atoms with Crippen LogP contribution in [-0.4, -0.2) is 59.7 Å². The third kappa shape index (κ3) is 3.66. The molecule has 0 aromatic carbocycles. The highest BCUT2D eigenvalue weighted by molar-refractivity contribution is 7.98. The smallest absolute Gasteiger partial charge is 0.239 e. The molecule has 0 radical (unpaired) electrons. The molecule has 0 aromatic rings. The van der Waals surface area contributed by atoms with Crippen molar-refractivity contribution >= 4 is 17.7 Å². The van der Waals surface area contributed by atoms with Crippen molar-refractivity contribution in [2.45, 2.75) is 25.0 Å². The summed E-state index contributed by atoms with van der Waals surface area (Å²) in [6.07, 6.45) is 2.80. The van der Waals surface area contributed by atoms with E-state index in [-0.39, 0.29) is 11.9 Å². The maximum atomic E-state index is 11.6. The second-order valence-electron chi connectivity index (χ2n) is 4.41. The van der Waals surface area contributed by atoms with Gasteiger partial charge in [0.15, 0.2) is 0 Å². The Morgan fingerprint density at radius 1 is 1.73 bits per heavy atom. The second kappa shape index (κ2) is 5.18. The van der Waals surface area contributed by atoms with Gasteiger partial charge in [0.25, 0.3) is 0 Å². The van der Waals surface area contributed by atoms with Crippen molar-refractivity contribution < 1.29 is 9.90 Å². The van der Waals surface area contributed by atoms with Gasteiger partial charge in [-0.15, -0.1) is 0 Å². The fourth-order valence-electron chi connectivity index (χ4n) is 1.72. The van der Waals surface area contributed by atoms with Crippen LogP contribution in [0.4, 0.5) is 0 Å². The molecule has 0 saturated carbocycles. The highest BCUT2D eigenvalue weighted by atomic mass is 32.2. The number of nitrogens with one attached hydrogen (secondary N) is 1. The van der Waals surface area contributed by atoms with Crippen molar-refractivity contribution in [1.29, 1.82) is 0 Å². The summed E-state index contributed by atoms with van der Waals surface area (Å²) in [7, 11) is 1.81. The minimum atomic E-state index is -0.735. The van der Waals surface area contributed by atoms with E-state index in [1.54, 1.807) is 23.6 Å². The number of rotatable bonds is 5. The summed E-state index contributed by atoms with van der Waals surface area (Å²) in [5.74, 6) is 0.812. The number of likely N-dealkylation sites (N-methyl/N-ethyl adjacent to an activating group) is 1. The molecule has 15 heavy (non-hydrogen) atoms. The van der Waals surface area contributed by atoms with E-state index in [1.165, 1.54) is 0 Å². The monoisotopic (exact) mass is 232 g/mol. The molecule has 0 aliphatic carbocycles. The third-order valence-electron chi connectivity index (χ3n) is 2.61. The first kappa shape index (κ1) is 12.8. The SMILES string of the molecule is CSCC(C)(O)CNC1CCN(C)C1=O. The largest absolute Gasteiger partial charge is 0.388 e. The molecule has 1 aliphatic rings. The summed E-state index contributed by atoms with van der Waals surface area (Å²) in [5.41, 5.74) is -0.735. The van der Waals surface area contributed by atoms with E-state index in [4.69, 9.17) is 0 Å². The highest BCUT2D eigenvalue weighted by Crippen LogP contribution is 2.12. The Hall–Kier alpha value is -0.260. The first-order valence-electron chi connectivity index (χ1n) is 5.16. The Morgan fingerprint density at radius 3 is 2.87 bits per heavy atom. The zero-order chi connectivity index (χ0) is 11.5. The molecule has 2 N–H and O–H groups in total. The van der Waals surface area contributed by atoms with Gasteiger partial charge in [0.2, 0.25) is 5.91 Å². The minimum absolute atomic E-state index is 0.108. The summed E-state index contributed by atoms with van der Waals surface area (Å²) in [5, 5.41) is 13.1. The predicted molar refractivity (Wildman–Crippen MR) is 63.1 cm³/mol. The van der Waals surface area contributed by atoms with Gasteiger partial charge in [0, 0.05) is 25.9 Å². The number of likely N-dealkylation sites (tertiary alicyclic amines) is 1. The lowest BCUT2D eigenvalue weighted by Gasteiger charge is -2.24. The molecule has 4 nitrogen and oxygen atoms in total. The van der Waals surface area contributed by atoms with Gasteiger partial charge in [0.05, 0.1) is 11.6 Å². The molecule has 0 spiro atoms. The first-order valence-corrected chi connectivity index (χ1v) is 6.55. The fraction of sp³-hybridized carbons (Fsp3) is 0.900. The molecule has 1 saturated heterocycles. The summed E-state index contributed by atoms with van der Waals surface area (Å²) in [6.45, 7) is 3.07. The number of nitrogens with zero attached hydrogens (tertiary/aromatic N) is 1. The lowest BCUT2D eigenvalue weighted by molar-refractivity contribution is -0.128. The van der Waals surface area contributed by atoms with Gasteiger partial charge < -0.3 is 15.3 Å². The van der Waals surface area contributed by atoms with E-state index in [9.17, 15) is 9.90 Å². The minimum Gasteiger partial charge on any atom is -0.388 e. The Kier molecular flexibility index (Phi) is 4.43. The van der Waals surface area contributed by atoms with Crippen LogP contribution < -0.4 is 5.32 Å². The quantitative estimate of drug-likeness (QED) is 0.696. The molecule has 5 heteroatoms. The van der Waals surface area contributed by atoms with Crippen LogP contribution in [0, 0.1) is 0 Å². The third-order valence-corrected chi connectivity index (χ3v) is 3.52. The number of aliphatic hydroxyl groups is 1. The normalized spacial score (nSPS) is 25.7. The molecular weight excluding hydrogens is 212 g/mol. The van der Waals surface area contributed by atoms with Gasteiger partial charge in [0.1, 0.15) is 0 Å². The van der Waals surface area contributed by atoms with Gasteiger partial charge >= 0.3 is 0 Å². The molecule has 1 heterocycles. The molecule has 2 unspecified atom stereocenters. The van der Waals surface area contributed by atoms with Crippen LogP contribution in [0.1, 0.15) is 13.3 Å². The average molecular weight is 232 g/mol. The number of amides is 1. The second-order valence-corrected chi connectivity index (χ2v) is 5.28. The summed E-state index contributed by atoms with van der Waals surface area (Å²) >= 11 is 1.61. The van der Waals surface area contributed by atoms with Crippen LogP contribution in [0.5, 0.6) is 0 Å². The van der Waals surface area contributed by atoms with Gasteiger partial charge in [-0.2, -0.15) is 11.8 Å². The van der Waals surface area contributed by atoms with Crippen molar-refractivity contribution in [2.24, 2.45) is 0 Å². The Morgan fingerprint density at radius 2 is 2.40 bits per heavy atom. The lowest BCUT2D eigenvalue weighted by Crippen LogP contribution is -2.46. The van der Waals surface area contributed by atoms with Crippen LogP contribution in [0.15, 0.2) is 0 Å².